The Morgan fingerprint density at radius 3 is 2.21 bits per heavy atom. The van der Waals surface area contributed by atoms with Gasteiger partial charge in [0.05, 0.1) is 19.8 Å². The molecule has 2 amide bonds. The van der Waals surface area contributed by atoms with E-state index in [2.05, 4.69) is 33.9 Å². The van der Waals surface area contributed by atoms with Gasteiger partial charge in [-0.25, -0.2) is 4.79 Å². The highest BCUT2D eigenvalue weighted by Crippen LogP contribution is 2.39. The van der Waals surface area contributed by atoms with Crippen molar-refractivity contribution in [3.63, 3.8) is 0 Å². The summed E-state index contributed by atoms with van der Waals surface area (Å²) in [4.78, 5) is 30.9. The highest BCUT2D eigenvalue weighted by Gasteiger charge is 2.46. The molecule has 240 valence electrons. The minimum atomic E-state index is -1.39. The molecule has 0 radical (unpaired) electrons. The van der Waals surface area contributed by atoms with Gasteiger partial charge in [0.2, 0.25) is 0 Å². The van der Waals surface area contributed by atoms with E-state index < -0.39 is 14.6 Å². The van der Waals surface area contributed by atoms with Crippen molar-refractivity contribution in [2.75, 3.05) is 47.1 Å². The number of amides is 2. The molecule has 0 N–H and O–H groups in total. The average molecular weight is 609 g/mol. The number of nitrogens with zero attached hydrogens (tertiary/aromatic N) is 2. The summed E-state index contributed by atoms with van der Waals surface area (Å²) in [5.41, 5.74) is -0.197. The van der Waals surface area contributed by atoms with Crippen LogP contribution in [0.3, 0.4) is 0 Å². The van der Waals surface area contributed by atoms with E-state index in [1.54, 1.807) is 37.3 Å². The molecule has 0 aromatic heterocycles. The summed E-state index contributed by atoms with van der Waals surface area (Å²) in [6.45, 7) is 23.2. The molecule has 1 aliphatic rings. The number of ether oxygens (including phenoxy) is 4. The number of methoxy groups -OCH3 is 2. The van der Waals surface area contributed by atoms with Gasteiger partial charge >= 0.3 is 6.09 Å². The fraction of sp³-hybridized carbons (Fsp3) is 0.750. The lowest BCUT2D eigenvalue weighted by Crippen LogP contribution is -2.47. The van der Waals surface area contributed by atoms with Crippen molar-refractivity contribution in [3.05, 3.63) is 23.8 Å². The van der Waals surface area contributed by atoms with E-state index in [9.17, 15) is 9.59 Å². The van der Waals surface area contributed by atoms with Gasteiger partial charge in [-0.15, -0.1) is 0 Å². The van der Waals surface area contributed by atoms with Gasteiger partial charge in [-0.2, -0.15) is 0 Å². The Kier molecular flexibility index (Phi) is 13.2. The number of carbonyl (C=O) groups is 2. The molecule has 1 heterocycles. The van der Waals surface area contributed by atoms with Crippen molar-refractivity contribution >= 4 is 21.0 Å². The van der Waals surface area contributed by atoms with Gasteiger partial charge < -0.3 is 33.2 Å². The number of likely N-dealkylation sites (tertiary alicyclic amines) is 1. The second-order valence-electron chi connectivity index (χ2n) is 13.9. The molecule has 0 spiro atoms. The van der Waals surface area contributed by atoms with E-state index in [1.807, 2.05) is 39.5 Å². The summed E-state index contributed by atoms with van der Waals surface area (Å²) in [5.74, 6) is 1.09. The lowest BCUT2D eigenvalue weighted by atomic mass is 9.77. The molecule has 1 aliphatic heterocycles. The number of hydrogen-bond donors (Lipinski definition) is 0. The van der Waals surface area contributed by atoms with Crippen LogP contribution >= 0.6 is 0 Å². The van der Waals surface area contributed by atoms with Crippen molar-refractivity contribution < 1.29 is 33.0 Å². The van der Waals surface area contributed by atoms with Crippen LogP contribution in [0.4, 0.5) is 4.79 Å². The number of carbonyl (C=O) groups excluding carboxylic acids is 2. The van der Waals surface area contributed by atoms with Crippen LogP contribution in [-0.4, -0.2) is 95.7 Å². The van der Waals surface area contributed by atoms with Gasteiger partial charge in [0.25, 0.3) is 5.91 Å². The summed E-state index contributed by atoms with van der Waals surface area (Å²) >= 11 is 0. The van der Waals surface area contributed by atoms with Crippen LogP contribution in [0.25, 0.3) is 0 Å². The fourth-order valence-corrected chi connectivity index (χ4v) is 6.60. The van der Waals surface area contributed by atoms with Crippen LogP contribution in [0.1, 0.15) is 72.2 Å². The Hall–Kier alpha value is -2.30. The van der Waals surface area contributed by atoms with Crippen molar-refractivity contribution in [2.24, 2.45) is 17.3 Å². The van der Waals surface area contributed by atoms with Crippen molar-refractivity contribution in [3.8, 4) is 11.5 Å². The lowest BCUT2D eigenvalue weighted by molar-refractivity contribution is 0.00989. The summed E-state index contributed by atoms with van der Waals surface area (Å²) in [6, 6.07) is 5.25. The summed E-state index contributed by atoms with van der Waals surface area (Å²) in [6.07, 6.45) is 0.347. The fourth-order valence-electron chi connectivity index (χ4n) is 5.40. The largest absolute Gasteiger partial charge is 0.493 e. The Bertz CT molecular complexity index is 1020. The molecule has 42 heavy (non-hydrogen) atoms. The average Bonchev–Trinajstić information content (AvgIpc) is 3.29. The van der Waals surface area contributed by atoms with Gasteiger partial charge in [0, 0.05) is 63.2 Å². The van der Waals surface area contributed by atoms with E-state index >= 15 is 0 Å². The molecule has 10 heteroatoms. The van der Waals surface area contributed by atoms with E-state index in [-0.39, 0.29) is 41.4 Å². The zero-order valence-corrected chi connectivity index (χ0v) is 29.3. The molecule has 3 unspecified atom stereocenters. The maximum atomic E-state index is 14.0. The molecular formula is C32H56N2O7Si. The first-order valence-corrected chi connectivity index (χ1v) is 18.0. The topological polar surface area (TPSA) is 86.8 Å². The van der Waals surface area contributed by atoms with Gasteiger partial charge in [0.15, 0.2) is 20.5 Å². The molecule has 1 saturated heterocycles. The van der Waals surface area contributed by atoms with E-state index in [1.165, 1.54) is 0 Å². The minimum Gasteiger partial charge on any atom is -0.493 e. The SMILES string of the molecule is COCCCOc1cc(C(=O)N(CC2CN(C(=O)OC(C)(C)C)CC2C(O[SiH](C)C)C(C)(C)C)C(C)C)ccc1OC. The zero-order chi connectivity index (χ0) is 31.8. The molecular weight excluding hydrogens is 552 g/mol. The Labute approximate surface area is 255 Å². The number of hydrogen-bond acceptors (Lipinski definition) is 7. The molecule has 0 bridgehead atoms. The van der Waals surface area contributed by atoms with Gasteiger partial charge in [-0.05, 0) is 71.3 Å². The molecule has 1 aromatic rings. The van der Waals surface area contributed by atoms with Crippen LogP contribution in [-0.2, 0) is 13.9 Å². The molecule has 9 nitrogen and oxygen atoms in total. The molecule has 0 aliphatic carbocycles. The first-order chi connectivity index (χ1) is 19.5. The first-order valence-electron chi connectivity index (χ1n) is 15.2. The predicted octanol–water partition coefficient (Wildman–Crippen LogP) is 5.86. The first kappa shape index (κ1) is 35.9. The summed E-state index contributed by atoms with van der Waals surface area (Å²) in [7, 11) is 1.85. The number of benzene rings is 1. The third kappa shape index (κ3) is 10.5. The van der Waals surface area contributed by atoms with Crippen molar-refractivity contribution in [1.29, 1.82) is 0 Å². The highest BCUT2D eigenvalue weighted by molar-refractivity contribution is 6.48. The molecule has 2 rings (SSSR count). The van der Waals surface area contributed by atoms with Gasteiger partial charge in [-0.3, -0.25) is 4.79 Å². The lowest BCUT2D eigenvalue weighted by Gasteiger charge is -2.40. The predicted molar refractivity (Wildman–Crippen MR) is 169 cm³/mol. The van der Waals surface area contributed by atoms with Crippen LogP contribution in [0, 0.1) is 17.3 Å². The Morgan fingerprint density at radius 2 is 1.69 bits per heavy atom. The van der Waals surface area contributed by atoms with Gasteiger partial charge in [-0.1, -0.05) is 20.8 Å². The monoisotopic (exact) mass is 608 g/mol. The second kappa shape index (κ2) is 15.4. The normalized spacial score (nSPS) is 18.4. The highest BCUT2D eigenvalue weighted by atomic mass is 28.3. The van der Waals surface area contributed by atoms with E-state index in [4.69, 9.17) is 23.4 Å². The maximum absolute atomic E-state index is 14.0. The van der Waals surface area contributed by atoms with Crippen molar-refractivity contribution in [1.82, 2.24) is 9.80 Å². The number of rotatable bonds is 13. The smallest absolute Gasteiger partial charge is 0.410 e. The van der Waals surface area contributed by atoms with Crippen LogP contribution in [0.5, 0.6) is 11.5 Å². The Balaban J connectivity index is 2.40. The molecule has 1 aromatic carbocycles. The summed E-state index contributed by atoms with van der Waals surface area (Å²) < 4.78 is 29.0. The zero-order valence-electron chi connectivity index (χ0n) is 28.1. The molecule has 1 fully saturated rings. The van der Waals surface area contributed by atoms with Crippen LogP contribution in [0.15, 0.2) is 18.2 Å². The van der Waals surface area contributed by atoms with Crippen LogP contribution in [0.2, 0.25) is 13.1 Å². The Morgan fingerprint density at radius 1 is 1.02 bits per heavy atom. The van der Waals surface area contributed by atoms with E-state index in [0.717, 1.165) is 6.42 Å². The van der Waals surface area contributed by atoms with Crippen LogP contribution < -0.4 is 9.47 Å². The maximum Gasteiger partial charge on any atom is 0.410 e. The molecule has 3 atom stereocenters. The quantitative estimate of drug-likeness (QED) is 0.205. The van der Waals surface area contributed by atoms with Gasteiger partial charge in [0.1, 0.15) is 5.60 Å². The third-order valence-corrected chi connectivity index (χ3v) is 8.12. The second-order valence-corrected chi connectivity index (χ2v) is 16.3. The van der Waals surface area contributed by atoms with Crippen molar-refractivity contribution in [2.45, 2.75) is 92.7 Å². The standard InChI is InChI=1S/C32H56N2O7Si/c1-22(2)34(29(35)23-14-15-26(38-10)27(18-23)39-17-13-16-37-9)20-24-19-33(30(36)40-32(6,7)8)21-25(24)28(31(3,4)5)41-42(11)12/h14-15,18,22,24-25,28,42H,13,16-17,19-21H2,1-12H3. The molecule has 0 saturated carbocycles. The third-order valence-electron chi connectivity index (χ3n) is 7.28. The van der Waals surface area contributed by atoms with E-state index in [0.29, 0.717) is 49.9 Å². The summed E-state index contributed by atoms with van der Waals surface area (Å²) in [5, 5.41) is 0. The minimum absolute atomic E-state index is 0.0175.